The zero-order valence-corrected chi connectivity index (χ0v) is 26.2. The Balaban J connectivity index is 1.48. The van der Waals surface area contributed by atoms with Gasteiger partial charge in [-0.2, -0.15) is 4.98 Å². The molecule has 2 saturated carbocycles. The van der Waals surface area contributed by atoms with Crippen molar-refractivity contribution in [2.45, 2.75) is 74.6 Å². The SMILES string of the molecule is COc1ncc(-c2ccc3c(Nc4cc(C(=O)O)cc(C5CCCC5)c4)c(S(=O)(=O)NC4CCCCC4)cnc3c2)c(OC)n1. The van der Waals surface area contributed by atoms with Crippen molar-refractivity contribution in [3.05, 3.63) is 59.9 Å². The summed E-state index contributed by atoms with van der Waals surface area (Å²) in [5.41, 5.74) is 3.77. The maximum Gasteiger partial charge on any atom is 0.335 e. The molecule has 11 nitrogen and oxygen atoms in total. The Morgan fingerprint density at radius 3 is 2.38 bits per heavy atom. The van der Waals surface area contributed by atoms with Crippen LogP contribution in [-0.2, 0) is 10.0 Å². The molecule has 3 N–H and O–H groups in total. The van der Waals surface area contributed by atoms with Gasteiger partial charge >= 0.3 is 12.0 Å². The summed E-state index contributed by atoms with van der Waals surface area (Å²) in [6, 6.07) is 10.7. The lowest BCUT2D eigenvalue weighted by Crippen LogP contribution is -2.36. The topological polar surface area (TPSA) is 153 Å². The highest BCUT2D eigenvalue weighted by Crippen LogP contribution is 2.39. The number of ether oxygens (including phenoxy) is 2. The van der Waals surface area contributed by atoms with Gasteiger partial charge in [-0.15, -0.1) is 0 Å². The predicted octanol–water partition coefficient (Wildman–Crippen LogP) is 6.42. The van der Waals surface area contributed by atoms with Crippen LogP contribution in [0, 0.1) is 0 Å². The minimum Gasteiger partial charge on any atom is -0.480 e. The monoisotopic (exact) mass is 631 g/mol. The molecule has 0 aliphatic heterocycles. The first-order chi connectivity index (χ1) is 21.8. The van der Waals surface area contributed by atoms with Crippen molar-refractivity contribution in [1.29, 1.82) is 0 Å². The van der Waals surface area contributed by atoms with Gasteiger partial charge in [-0.1, -0.05) is 44.2 Å². The van der Waals surface area contributed by atoms with Crippen molar-refractivity contribution in [2.24, 2.45) is 0 Å². The number of nitrogens with zero attached hydrogens (tertiary/aromatic N) is 3. The number of rotatable bonds is 10. The maximum atomic E-state index is 13.9. The molecule has 2 aliphatic rings. The van der Waals surface area contributed by atoms with E-state index in [1.165, 1.54) is 20.4 Å². The van der Waals surface area contributed by atoms with Crippen LogP contribution >= 0.6 is 0 Å². The average molecular weight is 632 g/mol. The van der Waals surface area contributed by atoms with E-state index in [0.29, 0.717) is 39.3 Å². The summed E-state index contributed by atoms with van der Waals surface area (Å²) in [6.07, 6.45) is 11.7. The number of anilines is 2. The number of methoxy groups -OCH3 is 2. The van der Waals surface area contributed by atoms with Crippen LogP contribution in [0.25, 0.3) is 22.0 Å². The Bertz CT molecular complexity index is 1840. The lowest BCUT2D eigenvalue weighted by Gasteiger charge is -2.24. The number of sulfonamides is 1. The highest BCUT2D eigenvalue weighted by molar-refractivity contribution is 7.89. The van der Waals surface area contributed by atoms with Crippen LogP contribution in [0.4, 0.5) is 11.4 Å². The lowest BCUT2D eigenvalue weighted by molar-refractivity contribution is 0.0696. The number of hydrogen-bond acceptors (Lipinski definition) is 9. The first-order valence-electron chi connectivity index (χ1n) is 15.3. The van der Waals surface area contributed by atoms with Crippen molar-refractivity contribution >= 4 is 38.3 Å². The van der Waals surface area contributed by atoms with Crippen molar-refractivity contribution in [3.8, 4) is 23.0 Å². The van der Waals surface area contributed by atoms with Gasteiger partial charge in [0.1, 0.15) is 4.90 Å². The summed E-state index contributed by atoms with van der Waals surface area (Å²) in [5.74, 6) is -0.454. The lowest BCUT2D eigenvalue weighted by atomic mass is 9.95. The van der Waals surface area contributed by atoms with Gasteiger partial charge in [0.2, 0.25) is 15.9 Å². The molecule has 0 spiro atoms. The third-order valence-electron chi connectivity index (χ3n) is 8.77. The number of aromatic carboxylic acids is 1. The van der Waals surface area contributed by atoms with E-state index in [-0.39, 0.29) is 28.4 Å². The molecule has 45 heavy (non-hydrogen) atoms. The van der Waals surface area contributed by atoms with Crippen LogP contribution in [0.1, 0.15) is 79.6 Å². The molecule has 6 rings (SSSR count). The van der Waals surface area contributed by atoms with Crippen molar-refractivity contribution in [1.82, 2.24) is 19.7 Å². The largest absolute Gasteiger partial charge is 0.480 e. The molecule has 0 atom stereocenters. The molecule has 2 aromatic carbocycles. The molecule has 12 heteroatoms. The number of benzene rings is 2. The quantitative estimate of drug-likeness (QED) is 0.179. The van der Waals surface area contributed by atoms with Crippen LogP contribution in [-0.4, -0.2) is 54.7 Å². The Labute approximate surface area is 262 Å². The van der Waals surface area contributed by atoms with Crippen molar-refractivity contribution < 1.29 is 27.8 Å². The first kappa shape index (κ1) is 30.7. The van der Waals surface area contributed by atoms with Crippen LogP contribution < -0.4 is 19.5 Å². The number of aromatic nitrogens is 3. The number of nitrogens with one attached hydrogen (secondary N) is 2. The Morgan fingerprint density at radius 2 is 1.67 bits per heavy atom. The fourth-order valence-electron chi connectivity index (χ4n) is 6.47. The summed E-state index contributed by atoms with van der Waals surface area (Å²) in [5, 5.41) is 13.8. The number of hydrogen-bond donors (Lipinski definition) is 3. The van der Waals surface area contributed by atoms with Crippen LogP contribution in [0.3, 0.4) is 0 Å². The molecular formula is C33H37N5O6S. The number of carbonyl (C=O) groups is 1. The predicted molar refractivity (Wildman–Crippen MR) is 171 cm³/mol. The van der Waals surface area contributed by atoms with Gasteiger partial charge < -0.3 is 19.9 Å². The van der Waals surface area contributed by atoms with E-state index in [9.17, 15) is 18.3 Å². The molecule has 4 aromatic rings. The summed E-state index contributed by atoms with van der Waals surface area (Å²) in [6.45, 7) is 0. The Kier molecular flexibility index (Phi) is 8.86. The third kappa shape index (κ3) is 6.57. The zero-order valence-electron chi connectivity index (χ0n) is 25.4. The second-order valence-electron chi connectivity index (χ2n) is 11.7. The molecule has 2 heterocycles. The van der Waals surface area contributed by atoms with Gasteiger partial charge in [0.25, 0.3) is 0 Å². The van der Waals surface area contributed by atoms with E-state index in [2.05, 4.69) is 25.0 Å². The van der Waals surface area contributed by atoms with Gasteiger partial charge in [-0.3, -0.25) is 4.98 Å². The van der Waals surface area contributed by atoms with Gasteiger partial charge in [0.05, 0.1) is 36.6 Å². The van der Waals surface area contributed by atoms with Gasteiger partial charge in [0.15, 0.2) is 0 Å². The molecular weight excluding hydrogens is 594 g/mol. The normalized spacial score (nSPS) is 16.1. The van der Waals surface area contributed by atoms with E-state index in [1.807, 2.05) is 18.2 Å². The van der Waals surface area contributed by atoms with Crippen LogP contribution in [0.2, 0.25) is 0 Å². The van der Waals surface area contributed by atoms with Gasteiger partial charge in [-0.05, 0) is 67.0 Å². The summed E-state index contributed by atoms with van der Waals surface area (Å²) in [4.78, 5) is 25.2. The number of carboxylic acids is 1. The summed E-state index contributed by atoms with van der Waals surface area (Å²) < 4.78 is 41.3. The van der Waals surface area contributed by atoms with E-state index < -0.39 is 16.0 Å². The van der Waals surface area contributed by atoms with Gasteiger partial charge in [-0.25, -0.2) is 22.9 Å². The van der Waals surface area contributed by atoms with Gasteiger partial charge in [0, 0.05) is 29.5 Å². The molecule has 0 amide bonds. The Hall–Kier alpha value is -4.29. The third-order valence-corrected chi connectivity index (χ3v) is 10.3. The van der Waals surface area contributed by atoms with E-state index in [0.717, 1.165) is 63.4 Å². The molecule has 2 fully saturated rings. The standard InChI is InChI=1S/C33H37N5O6S/c1-43-31-27(18-35-33(37-31)44-2)21-12-13-26-28(17-21)34-19-29(45(41,42)38-24-10-4-3-5-11-24)30(26)36-25-15-22(20-8-6-7-9-20)14-23(16-25)32(39)40/h12-20,24,38H,3-11H2,1-2H3,(H,34,36)(H,39,40). The number of pyridine rings is 1. The van der Waals surface area contributed by atoms with E-state index in [4.69, 9.17) is 9.47 Å². The second-order valence-corrected chi connectivity index (χ2v) is 13.4. The highest BCUT2D eigenvalue weighted by Gasteiger charge is 2.27. The maximum absolute atomic E-state index is 13.9. The van der Waals surface area contributed by atoms with Crippen LogP contribution in [0.5, 0.6) is 11.9 Å². The minimum absolute atomic E-state index is 0.00169. The highest BCUT2D eigenvalue weighted by atomic mass is 32.2. The Morgan fingerprint density at radius 1 is 0.911 bits per heavy atom. The van der Waals surface area contributed by atoms with E-state index >= 15 is 0 Å². The second kappa shape index (κ2) is 13.0. The first-order valence-corrected chi connectivity index (χ1v) is 16.8. The fourth-order valence-corrected chi connectivity index (χ4v) is 7.89. The summed E-state index contributed by atoms with van der Waals surface area (Å²) >= 11 is 0. The molecule has 0 unspecified atom stereocenters. The van der Waals surface area contributed by atoms with Crippen molar-refractivity contribution in [3.63, 3.8) is 0 Å². The smallest absolute Gasteiger partial charge is 0.335 e. The minimum atomic E-state index is -3.98. The van der Waals surface area contributed by atoms with E-state index in [1.54, 1.807) is 24.4 Å². The molecule has 2 aliphatic carbocycles. The zero-order chi connectivity index (χ0) is 31.6. The number of fused-ring (bicyclic) bond motifs is 1. The molecule has 2 aromatic heterocycles. The molecule has 0 radical (unpaired) electrons. The molecule has 0 saturated heterocycles. The molecule has 0 bridgehead atoms. The summed E-state index contributed by atoms with van der Waals surface area (Å²) in [7, 11) is -0.999. The van der Waals surface area contributed by atoms with Crippen molar-refractivity contribution in [2.75, 3.05) is 19.5 Å². The van der Waals surface area contributed by atoms with Crippen LogP contribution in [0.15, 0.2) is 53.7 Å². The number of carboxylic acid groups (broad SMARTS) is 1. The fraction of sp³-hybridized carbons (Fsp3) is 0.394. The molecule has 236 valence electrons. The average Bonchev–Trinajstić information content (AvgIpc) is 3.60.